The van der Waals surface area contributed by atoms with Crippen molar-refractivity contribution in [3.63, 3.8) is 0 Å². The van der Waals surface area contributed by atoms with Gasteiger partial charge in [0.25, 0.3) is 0 Å². The molecule has 0 unspecified atom stereocenters. The first-order valence-corrected chi connectivity index (χ1v) is 6.19. The predicted molar refractivity (Wildman–Crippen MR) is 75.9 cm³/mol. The van der Waals surface area contributed by atoms with Crippen molar-refractivity contribution >= 4 is 5.97 Å². The number of hydrogen-bond acceptors (Lipinski definition) is 3. The summed E-state index contributed by atoms with van der Waals surface area (Å²) >= 11 is 0. The first kappa shape index (κ1) is 16.9. The molecular weight excluding hydrogens is 240 g/mol. The van der Waals surface area contributed by atoms with Gasteiger partial charge in [0.05, 0.1) is 0 Å². The molecule has 0 bridgehead atoms. The topological polar surface area (TPSA) is 35.5 Å². The van der Waals surface area contributed by atoms with Crippen LogP contribution < -0.4 is 0 Å². The van der Waals surface area contributed by atoms with Gasteiger partial charge in [0, 0.05) is 13.0 Å². The van der Waals surface area contributed by atoms with Crippen LogP contribution in [0.1, 0.15) is 33.1 Å². The maximum atomic E-state index is 11.2. The minimum Gasteiger partial charge on any atom is -0.449 e. The van der Waals surface area contributed by atoms with E-state index < -0.39 is 5.97 Å². The second-order valence-electron chi connectivity index (χ2n) is 3.80. The summed E-state index contributed by atoms with van der Waals surface area (Å²) in [5.41, 5.74) is 0.843. The Morgan fingerprint density at radius 3 is 2.84 bits per heavy atom. The Morgan fingerprint density at radius 1 is 1.37 bits per heavy atom. The van der Waals surface area contributed by atoms with Crippen molar-refractivity contribution in [3.05, 3.63) is 23.8 Å². The number of rotatable bonds is 8. The number of esters is 1. The van der Waals surface area contributed by atoms with E-state index in [1.165, 1.54) is 6.08 Å². The third-order valence-electron chi connectivity index (χ3n) is 2.07. The van der Waals surface area contributed by atoms with E-state index >= 15 is 0 Å². The zero-order chi connectivity index (χ0) is 14.3. The van der Waals surface area contributed by atoms with Crippen LogP contribution in [0.4, 0.5) is 0 Å². The number of unbranched alkanes of at least 4 members (excludes halogenated alkanes) is 2. The van der Waals surface area contributed by atoms with Crippen molar-refractivity contribution in [2.75, 3.05) is 13.2 Å². The summed E-state index contributed by atoms with van der Waals surface area (Å²) in [7, 11) is 0. The Morgan fingerprint density at radius 2 is 2.16 bits per heavy atom. The van der Waals surface area contributed by atoms with Crippen molar-refractivity contribution < 1.29 is 14.3 Å². The monoisotopic (exact) mass is 260 g/mol. The number of terminal acetylenes is 1. The minimum absolute atomic E-state index is 0.00692. The van der Waals surface area contributed by atoms with Gasteiger partial charge in [-0.3, -0.25) is 0 Å². The summed E-state index contributed by atoms with van der Waals surface area (Å²) in [4.78, 5) is 11.2. The second kappa shape index (κ2) is 12.3. The van der Waals surface area contributed by atoms with Gasteiger partial charge in [-0.15, -0.1) is 6.42 Å². The molecule has 0 aliphatic heterocycles. The van der Waals surface area contributed by atoms with Crippen molar-refractivity contribution in [2.45, 2.75) is 33.1 Å². The average molecular weight is 260 g/mol. The van der Waals surface area contributed by atoms with Crippen LogP contribution in [0.25, 0.3) is 0 Å². The molecule has 0 heterocycles. The van der Waals surface area contributed by atoms with Gasteiger partial charge in [0.15, 0.2) is 6.61 Å². The zero-order valence-electron chi connectivity index (χ0n) is 11.6. The standard InChI is InChI=1S/C16H20O3/c1-4-11-18-13-9-7-6-8-10-15(3)14-16(17)19-12-5-2/h2,8,10,14H,6-7,9,12-13H2,1,3H3/b10-8+,15-14+. The Kier molecular flexibility index (Phi) is 10.9. The molecule has 0 saturated heterocycles. The molecule has 0 aliphatic rings. The SMILES string of the molecule is C#CCOC(=O)/C=C(C)/C=C/CCCCOC#CC. The third kappa shape index (κ3) is 12.1. The van der Waals surface area contributed by atoms with Crippen LogP contribution in [0, 0.1) is 24.4 Å². The van der Waals surface area contributed by atoms with E-state index in [1.54, 1.807) is 6.92 Å². The molecule has 0 N–H and O–H groups in total. The molecule has 19 heavy (non-hydrogen) atoms. The summed E-state index contributed by atoms with van der Waals surface area (Å²) in [6, 6.07) is 0. The molecule has 0 rings (SSSR count). The highest BCUT2D eigenvalue weighted by atomic mass is 16.5. The van der Waals surface area contributed by atoms with E-state index in [4.69, 9.17) is 15.9 Å². The molecule has 0 radical (unpaired) electrons. The quantitative estimate of drug-likeness (QED) is 0.221. The van der Waals surface area contributed by atoms with Crippen molar-refractivity contribution in [2.24, 2.45) is 0 Å². The molecule has 0 saturated carbocycles. The van der Waals surface area contributed by atoms with Crippen LogP contribution in [0.5, 0.6) is 0 Å². The van der Waals surface area contributed by atoms with Crippen LogP contribution in [0.15, 0.2) is 23.8 Å². The molecule has 0 aromatic rings. The molecule has 0 aromatic heterocycles. The van der Waals surface area contributed by atoms with Crippen molar-refractivity contribution in [3.8, 4) is 24.4 Å². The fraction of sp³-hybridized carbons (Fsp3) is 0.438. The normalized spacial score (nSPS) is 10.5. The van der Waals surface area contributed by atoms with E-state index in [9.17, 15) is 4.79 Å². The molecule has 102 valence electrons. The predicted octanol–water partition coefficient (Wildman–Crippen LogP) is 2.83. The van der Waals surface area contributed by atoms with Crippen LogP contribution in [-0.4, -0.2) is 19.2 Å². The van der Waals surface area contributed by atoms with Crippen LogP contribution >= 0.6 is 0 Å². The van der Waals surface area contributed by atoms with E-state index in [0.29, 0.717) is 6.61 Å². The van der Waals surface area contributed by atoms with Crippen LogP contribution in [0.2, 0.25) is 0 Å². The number of carbonyl (C=O) groups is 1. The minimum atomic E-state index is -0.411. The maximum absolute atomic E-state index is 11.2. The van der Waals surface area contributed by atoms with Gasteiger partial charge in [-0.25, -0.2) is 4.79 Å². The summed E-state index contributed by atoms with van der Waals surface area (Å²) in [6.07, 6.45) is 15.8. The molecule has 0 atom stereocenters. The third-order valence-corrected chi connectivity index (χ3v) is 2.07. The number of allylic oxidation sites excluding steroid dienone is 3. The lowest BCUT2D eigenvalue weighted by Crippen LogP contribution is -2.00. The first-order valence-electron chi connectivity index (χ1n) is 6.19. The Hall–Kier alpha value is -2.13. The van der Waals surface area contributed by atoms with E-state index in [0.717, 1.165) is 24.8 Å². The zero-order valence-corrected chi connectivity index (χ0v) is 11.6. The lowest BCUT2D eigenvalue weighted by molar-refractivity contribution is -0.136. The molecule has 0 amide bonds. The highest BCUT2D eigenvalue weighted by Gasteiger charge is 1.95. The van der Waals surface area contributed by atoms with Gasteiger partial charge in [-0.2, -0.15) is 0 Å². The Bertz CT molecular complexity index is 414. The highest BCUT2D eigenvalue weighted by molar-refractivity contribution is 5.83. The fourth-order valence-corrected chi connectivity index (χ4v) is 1.22. The molecule has 0 aliphatic carbocycles. The van der Waals surface area contributed by atoms with Gasteiger partial charge < -0.3 is 9.47 Å². The largest absolute Gasteiger partial charge is 0.449 e. The van der Waals surface area contributed by atoms with E-state index in [-0.39, 0.29) is 6.61 Å². The Balaban J connectivity index is 3.74. The molecule has 0 spiro atoms. The summed E-state index contributed by atoms with van der Waals surface area (Å²) in [6.45, 7) is 4.24. The van der Waals surface area contributed by atoms with Gasteiger partial charge in [-0.1, -0.05) is 24.0 Å². The molecule has 3 nitrogen and oxygen atoms in total. The summed E-state index contributed by atoms with van der Waals surface area (Å²) in [5.74, 6) is 4.50. The maximum Gasteiger partial charge on any atom is 0.331 e. The highest BCUT2D eigenvalue weighted by Crippen LogP contribution is 2.01. The van der Waals surface area contributed by atoms with E-state index in [2.05, 4.69) is 17.9 Å². The second-order valence-corrected chi connectivity index (χ2v) is 3.80. The van der Waals surface area contributed by atoms with Crippen molar-refractivity contribution in [1.29, 1.82) is 0 Å². The Labute approximate surface area is 115 Å². The smallest absolute Gasteiger partial charge is 0.331 e. The average Bonchev–Trinajstić information content (AvgIpc) is 2.39. The van der Waals surface area contributed by atoms with Gasteiger partial charge >= 0.3 is 5.97 Å². The van der Waals surface area contributed by atoms with Crippen LogP contribution in [0.3, 0.4) is 0 Å². The van der Waals surface area contributed by atoms with Crippen molar-refractivity contribution in [1.82, 2.24) is 0 Å². The number of ether oxygens (including phenoxy) is 2. The first-order chi connectivity index (χ1) is 9.20. The lowest BCUT2D eigenvalue weighted by Gasteiger charge is -1.97. The number of carbonyl (C=O) groups excluding carboxylic acids is 1. The lowest BCUT2D eigenvalue weighted by atomic mass is 10.2. The summed E-state index contributed by atoms with van der Waals surface area (Å²) < 4.78 is 9.76. The molecule has 0 fully saturated rings. The number of hydrogen-bond donors (Lipinski definition) is 0. The molecule has 0 aromatic carbocycles. The van der Waals surface area contributed by atoms with E-state index in [1.807, 2.05) is 19.1 Å². The van der Waals surface area contributed by atoms with Gasteiger partial charge in [0.2, 0.25) is 0 Å². The van der Waals surface area contributed by atoms with Crippen LogP contribution in [-0.2, 0) is 14.3 Å². The van der Waals surface area contributed by atoms with Gasteiger partial charge in [0.1, 0.15) is 12.7 Å². The summed E-state index contributed by atoms with van der Waals surface area (Å²) in [5, 5.41) is 0. The fourth-order valence-electron chi connectivity index (χ4n) is 1.22. The molecular formula is C16H20O3. The van der Waals surface area contributed by atoms with Gasteiger partial charge in [-0.05, 0) is 31.8 Å². The molecule has 3 heteroatoms.